The third-order valence-corrected chi connectivity index (χ3v) is 6.58. The lowest BCUT2D eigenvalue weighted by Gasteiger charge is -2.47. The Kier molecular flexibility index (Phi) is 8.10. The molecule has 1 N–H and O–H groups in total. The molecule has 1 amide bonds. The number of hydrogen-bond acceptors (Lipinski definition) is 4. The van der Waals surface area contributed by atoms with Crippen LogP contribution in [0.15, 0.2) is 61.2 Å². The molecule has 0 aliphatic carbocycles. The summed E-state index contributed by atoms with van der Waals surface area (Å²) in [6, 6.07) is 15.9. The van der Waals surface area contributed by atoms with Crippen molar-refractivity contribution in [1.29, 1.82) is 0 Å². The topological polar surface area (TPSA) is 47.0 Å². The van der Waals surface area contributed by atoms with Crippen LogP contribution in [-0.2, 0) is 0 Å². The third kappa shape index (κ3) is 5.05. The lowest BCUT2D eigenvalue weighted by molar-refractivity contribution is 0.0302. The van der Waals surface area contributed by atoms with Crippen LogP contribution in [0.25, 0.3) is 0 Å². The van der Waals surface area contributed by atoms with Gasteiger partial charge < -0.3 is 10.0 Å². The van der Waals surface area contributed by atoms with Crippen LogP contribution in [0.2, 0.25) is 0 Å². The third-order valence-electron chi connectivity index (χ3n) is 6.58. The molecule has 2 aromatic carbocycles. The van der Waals surface area contributed by atoms with Crippen LogP contribution in [0.5, 0.6) is 5.75 Å². The highest BCUT2D eigenvalue weighted by Crippen LogP contribution is 2.36. The van der Waals surface area contributed by atoms with Crippen molar-refractivity contribution in [3.05, 3.63) is 77.9 Å². The standard InChI is InChI=1S/C27H37N3O2/c1-6-16-29-18-21(5)30(19-20(29)4)26(22-12-11-13-23(31)17-22)24-14-9-10-15-25(24)27(32)28(7-2)8-3/h6,9-15,17,20-21,26,31H,1,7-8,16,18-19H2,2-5H3/t20?,21-,26+/m1/s1. The molecule has 32 heavy (non-hydrogen) atoms. The monoisotopic (exact) mass is 435 g/mol. The molecule has 0 bridgehead atoms. The molecular weight excluding hydrogens is 398 g/mol. The predicted octanol–water partition coefficient (Wildman–Crippen LogP) is 4.54. The minimum absolute atomic E-state index is 0.0572. The molecule has 1 saturated heterocycles. The molecule has 3 atom stereocenters. The van der Waals surface area contributed by atoms with Crippen LogP contribution in [0.4, 0.5) is 0 Å². The van der Waals surface area contributed by atoms with Crippen LogP contribution < -0.4 is 0 Å². The van der Waals surface area contributed by atoms with E-state index in [0.717, 1.165) is 36.3 Å². The fourth-order valence-electron chi connectivity index (χ4n) is 4.86. The number of amides is 1. The summed E-state index contributed by atoms with van der Waals surface area (Å²) in [6.45, 7) is 16.4. The minimum atomic E-state index is -0.124. The maximum absolute atomic E-state index is 13.4. The molecule has 172 valence electrons. The lowest BCUT2D eigenvalue weighted by atomic mass is 9.90. The predicted molar refractivity (Wildman–Crippen MR) is 131 cm³/mol. The van der Waals surface area contributed by atoms with E-state index >= 15 is 0 Å². The zero-order chi connectivity index (χ0) is 23.3. The summed E-state index contributed by atoms with van der Waals surface area (Å²) in [5, 5.41) is 10.3. The van der Waals surface area contributed by atoms with Gasteiger partial charge >= 0.3 is 0 Å². The molecule has 1 aliphatic heterocycles. The van der Waals surface area contributed by atoms with Gasteiger partial charge in [0.25, 0.3) is 5.91 Å². The number of piperazine rings is 1. The highest BCUT2D eigenvalue weighted by Gasteiger charge is 2.36. The van der Waals surface area contributed by atoms with Crippen molar-refractivity contribution >= 4 is 5.91 Å². The molecule has 1 heterocycles. The van der Waals surface area contributed by atoms with Gasteiger partial charge in [0, 0.05) is 50.4 Å². The summed E-state index contributed by atoms with van der Waals surface area (Å²) >= 11 is 0. The van der Waals surface area contributed by atoms with Gasteiger partial charge in [-0.05, 0) is 57.0 Å². The maximum Gasteiger partial charge on any atom is 0.254 e. The van der Waals surface area contributed by atoms with Gasteiger partial charge in [0.05, 0.1) is 6.04 Å². The van der Waals surface area contributed by atoms with Gasteiger partial charge in [-0.15, -0.1) is 6.58 Å². The van der Waals surface area contributed by atoms with Gasteiger partial charge in [0.1, 0.15) is 5.75 Å². The number of carbonyl (C=O) groups excluding carboxylic acids is 1. The average Bonchev–Trinajstić information content (AvgIpc) is 2.78. The van der Waals surface area contributed by atoms with Gasteiger partial charge in [0.15, 0.2) is 0 Å². The van der Waals surface area contributed by atoms with Crippen molar-refractivity contribution in [2.24, 2.45) is 0 Å². The number of hydrogen-bond donors (Lipinski definition) is 1. The Balaban J connectivity index is 2.10. The van der Waals surface area contributed by atoms with E-state index in [9.17, 15) is 9.90 Å². The number of rotatable bonds is 8. The fraction of sp³-hybridized carbons (Fsp3) is 0.444. The van der Waals surface area contributed by atoms with Crippen LogP contribution in [0.1, 0.15) is 55.2 Å². The van der Waals surface area contributed by atoms with E-state index in [-0.39, 0.29) is 23.7 Å². The number of phenols is 1. The SMILES string of the molecule is C=CCN1C[C@@H](C)N([C@@H](c2cccc(O)c2)c2ccccc2C(=O)N(CC)CC)CC1C. The Hall–Kier alpha value is -2.63. The maximum atomic E-state index is 13.4. The first-order valence-corrected chi connectivity index (χ1v) is 11.7. The number of benzene rings is 2. The Bertz CT molecular complexity index is 925. The first kappa shape index (κ1) is 24.0. The van der Waals surface area contributed by atoms with Crippen molar-refractivity contribution in [2.75, 3.05) is 32.7 Å². The first-order chi connectivity index (χ1) is 15.4. The Labute approximate surface area is 193 Å². The van der Waals surface area contributed by atoms with Gasteiger partial charge in [-0.2, -0.15) is 0 Å². The van der Waals surface area contributed by atoms with Crippen LogP contribution in [0, 0.1) is 0 Å². The van der Waals surface area contributed by atoms with E-state index < -0.39 is 0 Å². The number of carbonyl (C=O) groups is 1. The summed E-state index contributed by atoms with van der Waals surface area (Å²) < 4.78 is 0. The van der Waals surface area contributed by atoms with E-state index in [1.165, 1.54) is 0 Å². The van der Waals surface area contributed by atoms with E-state index in [2.05, 4.69) is 42.4 Å². The van der Waals surface area contributed by atoms with E-state index in [1.807, 2.05) is 55.2 Å². The van der Waals surface area contributed by atoms with E-state index in [1.54, 1.807) is 6.07 Å². The van der Waals surface area contributed by atoms with E-state index in [0.29, 0.717) is 19.1 Å². The van der Waals surface area contributed by atoms with E-state index in [4.69, 9.17) is 0 Å². The van der Waals surface area contributed by atoms with Crippen molar-refractivity contribution < 1.29 is 9.90 Å². The second kappa shape index (κ2) is 10.8. The Morgan fingerprint density at radius 1 is 1.12 bits per heavy atom. The molecular formula is C27H37N3O2. The van der Waals surface area contributed by atoms with Crippen molar-refractivity contribution in [2.45, 2.75) is 45.8 Å². The molecule has 0 radical (unpaired) electrons. The Morgan fingerprint density at radius 2 is 1.84 bits per heavy atom. The van der Waals surface area contributed by atoms with Crippen molar-refractivity contribution in [3.63, 3.8) is 0 Å². The molecule has 0 aromatic heterocycles. The normalized spacial score (nSPS) is 20.6. The number of nitrogens with zero attached hydrogens (tertiary/aromatic N) is 3. The zero-order valence-corrected chi connectivity index (χ0v) is 19.9. The summed E-state index contributed by atoms with van der Waals surface area (Å²) in [5.41, 5.74) is 2.73. The smallest absolute Gasteiger partial charge is 0.254 e. The highest BCUT2D eigenvalue weighted by molar-refractivity contribution is 5.96. The van der Waals surface area contributed by atoms with Crippen molar-refractivity contribution in [1.82, 2.24) is 14.7 Å². The van der Waals surface area contributed by atoms with Crippen LogP contribution >= 0.6 is 0 Å². The Morgan fingerprint density at radius 3 is 2.50 bits per heavy atom. The van der Waals surface area contributed by atoms with Crippen LogP contribution in [0.3, 0.4) is 0 Å². The molecule has 5 nitrogen and oxygen atoms in total. The molecule has 5 heteroatoms. The van der Waals surface area contributed by atoms with Crippen LogP contribution in [-0.4, -0.2) is 70.5 Å². The van der Waals surface area contributed by atoms with Gasteiger partial charge in [-0.3, -0.25) is 14.6 Å². The van der Waals surface area contributed by atoms with Crippen molar-refractivity contribution in [3.8, 4) is 5.75 Å². The number of aromatic hydroxyl groups is 1. The summed E-state index contributed by atoms with van der Waals surface area (Å²) in [6.07, 6.45) is 1.96. The average molecular weight is 436 g/mol. The van der Waals surface area contributed by atoms with Gasteiger partial charge in [-0.1, -0.05) is 36.4 Å². The molecule has 0 spiro atoms. The summed E-state index contributed by atoms with van der Waals surface area (Å²) in [7, 11) is 0. The minimum Gasteiger partial charge on any atom is -0.508 e. The molecule has 1 unspecified atom stereocenters. The largest absolute Gasteiger partial charge is 0.508 e. The number of phenolic OH excluding ortho intramolecular Hbond substituents is 1. The quantitative estimate of drug-likeness (QED) is 0.618. The second-order valence-electron chi connectivity index (χ2n) is 8.70. The molecule has 0 saturated carbocycles. The fourth-order valence-corrected chi connectivity index (χ4v) is 4.86. The molecule has 1 fully saturated rings. The van der Waals surface area contributed by atoms with Gasteiger partial charge in [0.2, 0.25) is 0 Å². The second-order valence-corrected chi connectivity index (χ2v) is 8.70. The lowest BCUT2D eigenvalue weighted by Crippen LogP contribution is -2.57. The summed E-state index contributed by atoms with van der Waals surface area (Å²) in [4.78, 5) is 20.2. The summed E-state index contributed by atoms with van der Waals surface area (Å²) in [5.74, 6) is 0.299. The zero-order valence-electron chi connectivity index (χ0n) is 19.9. The highest BCUT2D eigenvalue weighted by atomic mass is 16.3. The molecule has 3 rings (SSSR count). The molecule has 1 aliphatic rings. The molecule has 2 aromatic rings. The van der Waals surface area contributed by atoms with Gasteiger partial charge in [-0.25, -0.2) is 0 Å². The first-order valence-electron chi connectivity index (χ1n) is 11.7.